The molecule has 2 aromatic rings. The fourth-order valence-electron chi connectivity index (χ4n) is 1.96. The maximum absolute atomic E-state index is 11.8. The number of benzene rings is 2. The monoisotopic (exact) mass is 357 g/mol. The number of methoxy groups -OCH3 is 1. The second-order valence-corrected chi connectivity index (χ2v) is 5.04. The molecule has 0 aliphatic heterocycles. The highest BCUT2D eigenvalue weighted by molar-refractivity contribution is 6.39. The number of amides is 2. The molecule has 0 atom stereocenters. The van der Waals surface area contributed by atoms with Gasteiger partial charge in [0.25, 0.3) is 0 Å². The van der Waals surface area contributed by atoms with Crippen LogP contribution in [0.2, 0.25) is 0 Å². The summed E-state index contributed by atoms with van der Waals surface area (Å²) < 4.78 is 10.3. The number of rotatable bonds is 6. The van der Waals surface area contributed by atoms with Gasteiger partial charge in [0.1, 0.15) is 17.2 Å². The van der Waals surface area contributed by atoms with Gasteiger partial charge in [-0.1, -0.05) is 0 Å². The van der Waals surface area contributed by atoms with E-state index in [-0.39, 0.29) is 5.75 Å². The van der Waals surface area contributed by atoms with Crippen LogP contribution in [0.5, 0.6) is 17.2 Å². The molecule has 2 rings (SSSR count). The minimum atomic E-state index is -0.947. The lowest BCUT2D eigenvalue weighted by atomic mass is 10.2. The summed E-state index contributed by atoms with van der Waals surface area (Å²) >= 11 is 0. The molecule has 2 aromatic carbocycles. The van der Waals surface area contributed by atoms with E-state index in [0.29, 0.717) is 29.4 Å². The number of phenolic OH excluding ortho intramolecular Hbond substituents is 1. The quantitative estimate of drug-likeness (QED) is 0.415. The topological polar surface area (TPSA) is 109 Å². The number of hydrogen-bond donors (Lipinski definition) is 3. The van der Waals surface area contributed by atoms with Crippen LogP contribution in [0.1, 0.15) is 12.5 Å². The van der Waals surface area contributed by atoms with Gasteiger partial charge in [-0.25, -0.2) is 5.43 Å². The predicted octanol–water partition coefficient (Wildman–Crippen LogP) is 1.89. The number of phenols is 1. The molecule has 0 aliphatic rings. The average molecular weight is 357 g/mol. The number of nitrogens with one attached hydrogen (secondary N) is 2. The van der Waals surface area contributed by atoms with Crippen molar-refractivity contribution in [2.45, 2.75) is 6.92 Å². The fourth-order valence-corrected chi connectivity index (χ4v) is 1.96. The minimum Gasteiger partial charge on any atom is -0.507 e. The summed E-state index contributed by atoms with van der Waals surface area (Å²) in [5.74, 6) is -0.678. The highest BCUT2D eigenvalue weighted by Crippen LogP contribution is 2.21. The highest BCUT2D eigenvalue weighted by atomic mass is 16.5. The van der Waals surface area contributed by atoms with Gasteiger partial charge >= 0.3 is 11.8 Å². The Morgan fingerprint density at radius 2 is 1.81 bits per heavy atom. The van der Waals surface area contributed by atoms with E-state index in [0.717, 1.165) is 0 Å². The Kier molecular flexibility index (Phi) is 6.55. The Balaban J connectivity index is 1.91. The van der Waals surface area contributed by atoms with Crippen molar-refractivity contribution in [2.75, 3.05) is 19.0 Å². The summed E-state index contributed by atoms with van der Waals surface area (Å²) in [5.41, 5.74) is 2.87. The van der Waals surface area contributed by atoms with Crippen molar-refractivity contribution in [3.05, 3.63) is 48.0 Å². The molecular weight excluding hydrogens is 338 g/mol. The van der Waals surface area contributed by atoms with Crippen molar-refractivity contribution < 1.29 is 24.2 Å². The summed E-state index contributed by atoms with van der Waals surface area (Å²) in [6.45, 7) is 2.40. The zero-order valence-corrected chi connectivity index (χ0v) is 14.4. The van der Waals surface area contributed by atoms with Crippen molar-refractivity contribution in [3.63, 3.8) is 0 Å². The maximum atomic E-state index is 11.8. The zero-order valence-electron chi connectivity index (χ0n) is 14.4. The van der Waals surface area contributed by atoms with Crippen LogP contribution in [-0.4, -0.2) is 36.9 Å². The van der Waals surface area contributed by atoms with Crippen molar-refractivity contribution in [1.29, 1.82) is 0 Å². The van der Waals surface area contributed by atoms with E-state index in [9.17, 15) is 14.7 Å². The lowest BCUT2D eigenvalue weighted by Crippen LogP contribution is -2.32. The number of aromatic hydroxyl groups is 1. The second-order valence-electron chi connectivity index (χ2n) is 5.04. The maximum Gasteiger partial charge on any atom is 0.329 e. The normalized spacial score (nSPS) is 10.4. The van der Waals surface area contributed by atoms with Crippen LogP contribution in [0.25, 0.3) is 0 Å². The summed E-state index contributed by atoms with van der Waals surface area (Å²) in [5, 5.41) is 15.8. The van der Waals surface area contributed by atoms with Crippen molar-refractivity contribution >= 4 is 23.7 Å². The first-order valence-electron chi connectivity index (χ1n) is 7.77. The molecule has 2 amide bonds. The summed E-state index contributed by atoms with van der Waals surface area (Å²) in [4.78, 5) is 23.6. The third-order valence-corrected chi connectivity index (χ3v) is 3.23. The van der Waals surface area contributed by atoms with E-state index >= 15 is 0 Å². The van der Waals surface area contributed by atoms with Gasteiger partial charge < -0.3 is 19.9 Å². The Morgan fingerprint density at radius 3 is 2.46 bits per heavy atom. The van der Waals surface area contributed by atoms with Gasteiger partial charge in [0.2, 0.25) is 0 Å². The van der Waals surface area contributed by atoms with Crippen LogP contribution in [0, 0.1) is 0 Å². The van der Waals surface area contributed by atoms with Gasteiger partial charge in [0.15, 0.2) is 0 Å². The summed E-state index contributed by atoms with van der Waals surface area (Å²) in [7, 11) is 1.49. The number of ether oxygens (including phenoxy) is 2. The molecule has 0 saturated carbocycles. The fraction of sp³-hybridized carbons (Fsp3) is 0.167. The third kappa shape index (κ3) is 5.23. The van der Waals surface area contributed by atoms with E-state index in [1.165, 1.54) is 25.5 Å². The van der Waals surface area contributed by atoms with Gasteiger partial charge in [-0.05, 0) is 49.4 Å². The Morgan fingerprint density at radius 1 is 1.12 bits per heavy atom. The molecule has 0 fully saturated rings. The molecule has 0 bridgehead atoms. The van der Waals surface area contributed by atoms with Crippen LogP contribution in [0.15, 0.2) is 47.6 Å². The Hall–Kier alpha value is -3.55. The van der Waals surface area contributed by atoms with Crippen molar-refractivity contribution in [1.82, 2.24) is 5.43 Å². The molecule has 0 heterocycles. The average Bonchev–Trinajstić information content (AvgIpc) is 2.65. The van der Waals surface area contributed by atoms with E-state index in [4.69, 9.17) is 9.47 Å². The summed E-state index contributed by atoms with van der Waals surface area (Å²) in [6, 6.07) is 11.1. The molecule has 8 nitrogen and oxygen atoms in total. The second kappa shape index (κ2) is 9.07. The molecule has 136 valence electrons. The molecular formula is C18H19N3O5. The SMILES string of the molecule is CCOc1ccc(NC(=O)C(=O)N/N=C\c2cc(OC)ccc2O)cc1. The molecule has 0 spiro atoms. The molecule has 8 heteroatoms. The van der Waals surface area contributed by atoms with Gasteiger partial charge in [-0.2, -0.15) is 5.10 Å². The molecule has 0 unspecified atom stereocenters. The van der Waals surface area contributed by atoms with Gasteiger partial charge in [0.05, 0.1) is 19.9 Å². The standard InChI is InChI=1S/C18H19N3O5/c1-3-26-14-6-4-13(5-7-14)20-17(23)18(24)21-19-11-12-10-15(25-2)8-9-16(12)22/h4-11,22H,3H2,1-2H3,(H,20,23)(H,21,24)/b19-11-. The van der Waals surface area contributed by atoms with Crippen LogP contribution in [0.3, 0.4) is 0 Å². The number of carbonyl (C=O) groups is 2. The van der Waals surface area contributed by atoms with E-state index < -0.39 is 11.8 Å². The van der Waals surface area contributed by atoms with Gasteiger partial charge in [-0.15, -0.1) is 0 Å². The molecule has 0 saturated heterocycles. The van der Waals surface area contributed by atoms with Crippen LogP contribution in [0.4, 0.5) is 5.69 Å². The van der Waals surface area contributed by atoms with Crippen molar-refractivity contribution in [3.8, 4) is 17.2 Å². The van der Waals surface area contributed by atoms with E-state index in [1.54, 1.807) is 30.3 Å². The first kappa shape index (κ1) is 18.8. The van der Waals surface area contributed by atoms with Gasteiger partial charge in [0, 0.05) is 11.3 Å². The molecule has 26 heavy (non-hydrogen) atoms. The number of hydrogen-bond acceptors (Lipinski definition) is 6. The first-order valence-corrected chi connectivity index (χ1v) is 7.77. The molecule has 3 N–H and O–H groups in total. The minimum absolute atomic E-state index is 0.0392. The molecule has 0 radical (unpaired) electrons. The van der Waals surface area contributed by atoms with Crippen LogP contribution in [-0.2, 0) is 9.59 Å². The Labute approximate surface area is 150 Å². The smallest absolute Gasteiger partial charge is 0.329 e. The van der Waals surface area contributed by atoms with Gasteiger partial charge in [-0.3, -0.25) is 9.59 Å². The Bertz CT molecular complexity index is 803. The molecule has 0 aliphatic carbocycles. The number of anilines is 1. The highest BCUT2D eigenvalue weighted by Gasteiger charge is 2.13. The largest absolute Gasteiger partial charge is 0.507 e. The number of hydrazone groups is 1. The third-order valence-electron chi connectivity index (χ3n) is 3.23. The van der Waals surface area contributed by atoms with E-state index in [1.807, 2.05) is 6.92 Å². The first-order chi connectivity index (χ1) is 12.5. The summed E-state index contributed by atoms with van der Waals surface area (Å²) in [6.07, 6.45) is 1.21. The number of carbonyl (C=O) groups excluding carboxylic acids is 2. The molecule has 0 aromatic heterocycles. The van der Waals surface area contributed by atoms with Crippen LogP contribution >= 0.6 is 0 Å². The van der Waals surface area contributed by atoms with Crippen molar-refractivity contribution in [2.24, 2.45) is 5.10 Å². The predicted molar refractivity (Wildman–Crippen MR) is 96.6 cm³/mol. The lowest BCUT2D eigenvalue weighted by Gasteiger charge is -2.06. The lowest BCUT2D eigenvalue weighted by molar-refractivity contribution is -0.136. The van der Waals surface area contributed by atoms with E-state index in [2.05, 4.69) is 15.8 Å². The zero-order chi connectivity index (χ0) is 18.9. The van der Waals surface area contributed by atoms with Crippen LogP contribution < -0.4 is 20.2 Å². The number of nitrogens with zero attached hydrogens (tertiary/aromatic N) is 1.